The normalized spacial score (nSPS) is 13.2. The quantitative estimate of drug-likeness (QED) is 0.155. The van der Waals surface area contributed by atoms with Gasteiger partial charge in [-0.05, 0) is 38.3 Å². The summed E-state index contributed by atoms with van der Waals surface area (Å²) in [7, 11) is 1.48. The van der Waals surface area contributed by atoms with Gasteiger partial charge in [-0.25, -0.2) is 19.4 Å². The molecule has 1 aliphatic rings. The summed E-state index contributed by atoms with van der Waals surface area (Å²) in [6.45, 7) is 4.45. The van der Waals surface area contributed by atoms with Crippen LogP contribution in [0, 0.1) is 6.92 Å². The van der Waals surface area contributed by atoms with Crippen molar-refractivity contribution >= 4 is 34.1 Å². The molecule has 44 heavy (non-hydrogen) atoms. The second-order valence-corrected chi connectivity index (χ2v) is 10.2. The third kappa shape index (κ3) is 5.23. The number of pyridine rings is 1. The summed E-state index contributed by atoms with van der Waals surface area (Å²) in [6, 6.07) is 11.5. The highest BCUT2D eigenvalue weighted by molar-refractivity contribution is 6.45. The second kappa shape index (κ2) is 12.0. The molecule has 2 N–H and O–H groups in total. The van der Waals surface area contributed by atoms with Crippen molar-refractivity contribution in [3.63, 3.8) is 0 Å². The highest BCUT2D eigenvalue weighted by Gasteiger charge is 2.31. The molecule has 6 rings (SSSR count). The van der Waals surface area contributed by atoms with E-state index < -0.39 is 17.7 Å². The molecular weight excluding hydrogens is 564 g/mol. The molecule has 0 aliphatic carbocycles. The maximum Gasteiger partial charge on any atom is 0.356 e. The number of esters is 1. The Hall–Kier alpha value is -5.59. The molecule has 0 unspecified atom stereocenters. The van der Waals surface area contributed by atoms with E-state index in [-0.39, 0.29) is 17.9 Å². The predicted molar refractivity (Wildman–Crippen MR) is 159 cm³/mol. The van der Waals surface area contributed by atoms with Crippen LogP contribution in [0.15, 0.2) is 60.7 Å². The number of hydrogen-bond acceptors (Lipinski definition) is 9. The van der Waals surface area contributed by atoms with E-state index in [1.807, 2.05) is 30.3 Å². The molecular formula is C31H30N8O5. The number of ketones is 1. The molecule has 13 heteroatoms. The first-order chi connectivity index (χ1) is 21.4. The lowest BCUT2D eigenvalue weighted by atomic mass is 9.90. The minimum absolute atomic E-state index is 0.191. The van der Waals surface area contributed by atoms with Gasteiger partial charge in [-0.15, -0.1) is 0 Å². The molecule has 1 fully saturated rings. The highest BCUT2D eigenvalue weighted by atomic mass is 16.5. The number of H-pyrrole nitrogens is 2. The van der Waals surface area contributed by atoms with E-state index in [2.05, 4.69) is 30.2 Å². The van der Waals surface area contributed by atoms with Crippen molar-refractivity contribution in [2.45, 2.75) is 26.7 Å². The van der Waals surface area contributed by atoms with E-state index in [1.165, 1.54) is 30.5 Å². The summed E-state index contributed by atoms with van der Waals surface area (Å²) in [5.74, 6) is -0.379. The van der Waals surface area contributed by atoms with Crippen LogP contribution in [-0.2, 0) is 9.53 Å². The fraction of sp³-hybridized carbons (Fsp3) is 0.258. The smallest absolute Gasteiger partial charge is 0.356 e. The van der Waals surface area contributed by atoms with Gasteiger partial charge < -0.3 is 19.4 Å². The maximum absolute atomic E-state index is 13.6. The molecule has 1 aliphatic heterocycles. The summed E-state index contributed by atoms with van der Waals surface area (Å²) in [4.78, 5) is 52.7. The monoisotopic (exact) mass is 594 g/mol. The van der Waals surface area contributed by atoms with E-state index in [0.29, 0.717) is 59.9 Å². The largest absolute Gasteiger partial charge is 0.494 e. The number of likely N-dealkylation sites (tertiary alicyclic amines) is 1. The predicted octanol–water partition coefficient (Wildman–Crippen LogP) is 3.67. The maximum atomic E-state index is 13.6. The third-order valence-electron chi connectivity index (χ3n) is 7.54. The number of nitrogens with one attached hydrogen (secondary N) is 2. The lowest BCUT2D eigenvalue weighted by Gasteiger charge is -2.29. The van der Waals surface area contributed by atoms with Gasteiger partial charge in [0.2, 0.25) is 0 Å². The van der Waals surface area contributed by atoms with Crippen LogP contribution in [0.1, 0.15) is 57.7 Å². The van der Waals surface area contributed by atoms with Crippen molar-refractivity contribution in [3.8, 4) is 11.6 Å². The zero-order valence-corrected chi connectivity index (χ0v) is 24.5. The molecule has 0 saturated carbocycles. The van der Waals surface area contributed by atoms with Crippen LogP contribution in [0.2, 0.25) is 0 Å². The minimum atomic E-state index is -0.649. The number of aromatic amines is 2. The molecule has 1 aromatic carbocycles. The Bertz CT molecular complexity index is 1890. The van der Waals surface area contributed by atoms with Gasteiger partial charge in [-0.3, -0.25) is 14.7 Å². The number of aromatic nitrogens is 7. The lowest BCUT2D eigenvalue weighted by Crippen LogP contribution is -2.40. The van der Waals surface area contributed by atoms with Gasteiger partial charge in [0.15, 0.2) is 5.82 Å². The molecule has 5 heterocycles. The topological polar surface area (TPSA) is 161 Å². The van der Waals surface area contributed by atoms with Crippen LogP contribution >= 0.6 is 0 Å². The number of fused-ring (bicyclic) bond motifs is 1. The number of benzene rings is 1. The molecule has 1 amide bonds. The van der Waals surface area contributed by atoms with Gasteiger partial charge in [-0.1, -0.05) is 35.9 Å². The first-order valence-corrected chi connectivity index (χ1v) is 14.2. The summed E-state index contributed by atoms with van der Waals surface area (Å²) in [6.07, 6.45) is 5.59. The van der Waals surface area contributed by atoms with E-state index in [0.717, 1.165) is 16.7 Å². The summed E-state index contributed by atoms with van der Waals surface area (Å²) in [5.41, 5.74) is 4.48. The fourth-order valence-corrected chi connectivity index (χ4v) is 5.45. The van der Waals surface area contributed by atoms with E-state index in [9.17, 15) is 14.4 Å². The molecule has 13 nitrogen and oxygen atoms in total. The zero-order chi connectivity index (χ0) is 30.8. The number of piperidine rings is 1. The van der Waals surface area contributed by atoms with Crippen LogP contribution in [0.5, 0.6) is 5.75 Å². The van der Waals surface area contributed by atoms with Crippen LogP contribution in [0.25, 0.3) is 22.3 Å². The van der Waals surface area contributed by atoms with Crippen molar-refractivity contribution in [2.24, 2.45) is 0 Å². The second-order valence-electron chi connectivity index (χ2n) is 10.2. The number of amides is 1. The fourth-order valence-electron chi connectivity index (χ4n) is 5.45. The Balaban J connectivity index is 1.27. The minimum Gasteiger partial charge on any atom is -0.494 e. The van der Waals surface area contributed by atoms with Crippen molar-refractivity contribution in [2.75, 3.05) is 26.8 Å². The van der Waals surface area contributed by atoms with Crippen molar-refractivity contribution in [3.05, 3.63) is 89.0 Å². The van der Waals surface area contributed by atoms with Gasteiger partial charge in [0.05, 0.1) is 42.1 Å². The van der Waals surface area contributed by atoms with Gasteiger partial charge >= 0.3 is 5.97 Å². The Kier molecular flexibility index (Phi) is 7.75. The Morgan fingerprint density at radius 1 is 1.07 bits per heavy atom. The lowest BCUT2D eigenvalue weighted by molar-refractivity contribution is -0.126. The number of methoxy groups -OCH3 is 1. The van der Waals surface area contributed by atoms with Crippen LogP contribution in [-0.4, -0.2) is 84.3 Å². The summed E-state index contributed by atoms with van der Waals surface area (Å²) in [5, 5.41) is 12.0. The van der Waals surface area contributed by atoms with Gasteiger partial charge in [-0.2, -0.15) is 10.2 Å². The van der Waals surface area contributed by atoms with E-state index in [1.54, 1.807) is 24.8 Å². The number of carbonyl (C=O) groups excluding carboxylic acids is 3. The summed E-state index contributed by atoms with van der Waals surface area (Å²) >= 11 is 0. The molecule has 1 saturated heterocycles. The molecule has 224 valence electrons. The number of carbonyl (C=O) groups is 3. The first kappa shape index (κ1) is 28.5. The number of nitrogens with zero attached hydrogens (tertiary/aromatic N) is 6. The molecule has 0 bridgehead atoms. The van der Waals surface area contributed by atoms with Crippen molar-refractivity contribution in [1.29, 1.82) is 0 Å². The van der Waals surface area contributed by atoms with Gasteiger partial charge in [0.25, 0.3) is 11.7 Å². The SMILES string of the molecule is CCOC(=O)c1cc(C(=C2CCN(C(=O)C(=O)c3c[nH]c4c(-n5cnc(C)n5)ncc(OC)c34)CC2)c2ccccc2)n[nH]1. The molecule has 0 spiro atoms. The molecule has 0 radical (unpaired) electrons. The molecule has 0 atom stereocenters. The number of aryl methyl sites for hydroxylation is 1. The van der Waals surface area contributed by atoms with Gasteiger partial charge in [0, 0.05) is 24.9 Å². The first-order valence-electron chi connectivity index (χ1n) is 14.2. The Morgan fingerprint density at radius 3 is 2.52 bits per heavy atom. The average Bonchev–Trinajstić information content (AvgIpc) is 3.82. The Labute approximate surface area is 251 Å². The standard InChI is InChI=1S/C31H30N8O5/c1-4-44-31(42)23-14-22(35-36-23)25(19-8-6-5-7-9-19)20-10-12-38(13-11-20)30(41)28(40)21-15-32-27-26(21)24(43-3)16-33-29(27)39-17-34-18(2)37-39/h5-9,14-17,32H,4,10-13H2,1-3H3,(H,35,36). The summed E-state index contributed by atoms with van der Waals surface area (Å²) < 4.78 is 12.1. The Morgan fingerprint density at radius 2 is 1.84 bits per heavy atom. The van der Waals surface area contributed by atoms with Crippen LogP contribution in [0.4, 0.5) is 0 Å². The number of ether oxygens (including phenoxy) is 2. The highest BCUT2D eigenvalue weighted by Crippen LogP contribution is 2.34. The number of hydrogen-bond donors (Lipinski definition) is 2. The van der Waals surface area contributed by atoms with Crippen molar-refractivity contribution < 1.29 is 23.9 Å². The molecule has 5 aromatic rings. The van der Waals surface area contributed by atoms with Crippen molar-refractivity contribution in [1.82, 2.24) is 39.8 Å². The average molecular weight is 595 g/mol. The number of rotatable bonds is 8. The van der Waals surface area contributed by atoms with Crippen LogP contribution < -0.4 is 4.74 Å². The zero-order valence-electron chi connectivity index (χ0n) is 24.5. The van der Waals surface area contributed by atoms with E-state index in [4.69, 9.17) is 9.47 Å². The third-order valence-corrected chi connectivity index (χ3v) is 7.54. The molecule has 4 aromatic heterocycles. The van der Waals surface area contributed by atoms with Crippen LogP contribution in [0.3, 0.4) is 0 Å². The van der Waals surface area contributed by atoms with Gasteiger partial charge in [0.1, 0.15) is 23.6 Å². The number of Topliss-reactive ketones (excluding diaryl/α,β-unsaturated/α-hetero) is 1. The van der Waals surface area contributed by atoms with E-state index >= 15 is 0 Å².